The largest absolute Gasteiger partial charge is 0.398 e. The highest BCUT2D eigenvalue weighted by atomic mass is 16.6. The lowest BCUT2D eigenvalue weighted by molar-refractivity contribution is -0.384. The molecule has 1 aromatic carbocycles. The summed E-state index contributed by atoms with van der Waals surface area (Å²) in [5.41, 5.74) is 6.19. The molecule has 0 bridgehead atoms. The van der Waals surface area contributed by atoms with Crippen molar-refractivity contribution >= 4 is 11.4 Å². The minimum Gasteiger partial charge on any atom is -0.398 e. The summed E-state index contributed by atoms with van der Waals surface area (Å²) in [6.07, 6.45) is 0. The standard InChI is InChI=1S/C12H14N4O3/c1-12(2,3)11-14-10(19-15-11)8-5-4-7(16(17)18)6-9(8)13/h4-6H,13H2,1-3H3. The zero-order chi connectivity index (χ0) is 14.2. The quantitative estimate of drug-likeness (QED) is 0.506. The van der Waals surface area contributed by atoms with Gasteiger partial charge in [-0.3, -0.25) is 10.1 Å². The molecule has 0 saturated heterocycles. The van der Waals surface area contributed by atoms with Crippen LogP contribution in [0.4, 0.5) is 11.4 Å². The van der Waals surface area contributed by atoms with Gasteiger partial charge in [0.2, 0.25) is 0 Å². The molecule has 0 radical (unpaired) electrons. The van der Waals surface area contributed by atoms with Gasteiger partial charge in [0, 0.05) is 17.5 Å². The Bertz CT molecular complexity index is 628. The van der Waals surface area contributed by atoms with Crippen LogP contribution in [0.25, 0.3) is 11.5 Å². The Hall–Kier alpha value is -2.44. The lowest BCUT2D eigenvalue weighted by Gasteiger charge is -2.10. The first-order chi connectivity index (χ1) is 8.79. The third-order valence-corrected chi connectivity index (χ3v) is 2.57. The number of nitrogen functional groups attached to an aromatic ring is 1. The van der Waals surface area contributed by atoms with Crippen LogP contribution in [0.15, 0.2) is 22.7 Å². The first-order valence-electron chi connectivity index (χ1n) is 5.67. The number of rotatable bonds is 2. The van der Waals surface area contributed by atoms with Gasteiger partial charge in [0.05, 0.1) is 16.2 Å². The molecule has 2 N–H and O–H groups in total. The number of hydrogen-bond donors (Lipinski definition) is 1. The van der Waals surface area contributed by atoms with Gasteiger partial charge >= 0.3 is 0 Å². The van der Waals surface area contributed by atoms with Crippen LogP contribution in [-0.4, -0.2) is 15.1 Å². The fourth-order valence-electron chi connectivity index (χ4n) is 1.50. The highest BCUT2D eigenvalue weighted by Gasteiger charge is 2.22. The monoisotopic (exact) mass is 262 g/mol. The molecule has 0 amide bonds. The van der Waals surface area contributed by atoms with Crippen molar-refractivity contribution in [2.24, 2.45) is 0 Å². The summed E-state index contributed by atoms with van der Waals surface area (Å²) in [5.74, 6) is 0.817. The maximum absolute atomic E-state index is 10.6. The van der Waals surface area contributed by atoms with Crippen molar-refractivity contribution in [1.82, 2.24) is 10.1 Å². The van der Waals surface area contributed by atoms with E-state index in [0.717, 1.165) is 0 Å². The molecule has 0 fully saturated rings. The first-order valence-corrected chi connectivity index (χ1v) is 5.67. The molecule has 0 saturated carbocycles. The molecule has 0 unspecified atom stereocenters. The van der Waals surface area contributed by atoms with Crippen molar-refractivity contribution in [2.45, 2.75) is 26.2 Å². The number of aromatic nitrogens is 2. The number of nitro benzene ring substituents is 1. The molecule has 19 heavy (non-hydrogen) atoms. The number of hydrogen-bond acceptors (Lipinski definition) is 6. The molecule has 0 aliphatic heterocycles. The van der Waals surface area contributed by atoms with Crippen LogP contribution in [0.1, 0.15) is 26.6 Å². The summed E-state index contributed by atoms with van der Waals surface area (Å²) in [4.78, 5) is 14.4. The van der Waals surface area contributed by atoms with Gasteiger partial charge in [0.15, 0.2) is 5.82 Å². The van der Waals surface area contributed by atoms with E-state index < -0.39 is 4.92 Å². The van der Waals surface area contributed by atoms with Crippen molar-refractivity contribution in [1.29, 1.82) is 0 Å². The smallest absolute Gasteiger partial charge is 0.271 e. The van der Waals surface area contributed by atoms with Crippen LogP contribution in [0, 0.1) is 10.1 Å². The van der Waals surface area contributed by atoms with E-state index in [1.807, 2.05) is 20.8 Å². The van der Waals surface area contributed by atoms with E-state index in [1.54, 1.807) is 0 Å². The van der Waals surface area contributed by atoms with Gasteiger partial charge in [-0.05, 0) is 6.07 Å². The lowest BCUT2D eigenvalue weighted by atomic mass is 9.96. The van der Waals surface area contributed by atoms with E-state index in [2.05, 4.69) is 10.1 Å². The van der Waals surface area contributed by atoms with Gasteiger partial charge in [0.25, 0.3) is 11.6 Å². The van der Waals surface area contributed by atoms with Crippen LogP contribution in [0.2, 0.25) is 0 Å². The summed E-state index contributed by atoms with van der Waals surface area (Å²) in [5, 5.41) is 14.5. The van der Waals surface area contributed by atoms with Crippen LogP contribution in [0.5, 0.6) is 0 Å². The van der Waals surface area contributed by atoms with Gasteiger partial charge in [-0.1, -0.05) is 25.9 Å². The maximum atomic E-state index is 10.6. The number of benzene rings is 1. The summed E-state index contributed by atoms with van der Waals surface area (Å²) < 4.78 is 5.15. The summed E-state index contributed by atoms with van der Waals surface area (Å²) in [7, 11) is 0. The second-order valence-electron chi connectivity index (χ2n) is 5.20. The van der Waals surface area contributed by atoms with Gasteiger partial charge in [-0.25, -0.2) is 0 Å². The van der Waals surface area contributed by atoms with E-state index in [-0.39, 0.29) is 22.7 Å². The highest BCUT2D eigenvalue weighted by molar-refractivity contribution is 5.72. The highest BCUT2D eigenvalue weighted by Crippen LogP contribution is 2.29. The van der Waals surface area contributed by atoms with E-state index in [0.29, 0.717) is 11.4 Å². The van der Waals surface area contributed by atoms with Crippen molar-refractivity contribution in [3.63, 3.8) is 0 Å². The maximum Gasteiger partial charge on any atom is 0.271 e. The van der Waals surface area contributed by atoms with Gasteiger partial charge in [-0.2, -0.15) is 4.98 Å². The van der Waals surface area contributed by atoms with Crippen LogP contribution in [0.3, 0.4) is 0 Å². The topological polar surface area (TPSA) is 108 Å². The Morgan fingerprint density at radius 1 is 1.37 bits per heavy atom. The summed E-state index contributed by atoms with van der Waals surface area (Å²) in [6.45, 7) is 5.88. The first kappa shape index (κ1) is 13.0. The Balaban J connectivity index is 2.43. The fourth-order valence-corrected chi connectivity index (χ4v) is 1.50. The Labute approximate surface area is 109 Å². The molecule has 7 heteroatoms. The molecule has 1 heterocycles. The SMILES string of the molecule is CC(C)(C)c1noc(-c2ccc([N+](=O)[O-])cc2N)n1. The second-order valence-corrected chi connectivity index (χ2v) is 5.20. The predicted molar refractivity (Wildman–Crippen MR) is 69.5 cm³/mol. The van der Waals surface area contributed by atoms with Crippen LogP contribution in [-0.2, 0) is 5.41 Å². The van der Waals surface area contributed by atoms with Crippen molar-refractivity contribution < 1.29 is 9.45 Å². The zero-order valence-corrected chi connectivity index (χ0v) is 10.9. The van der Waals surface area contributed by atoms with Crippen molar-refractivity contribution in [3.8, 4) is 11.5 Å². The lowest BCUT2D eigenvalue weighted by Crippen LogP contribution is -2.13. The molecule has 0 spiro atoms. The molecule has 0 atom stereocenters. The molecule has 2 rings (SSSR count). The minimum atomic E-state index is -0.505. The number of nitro groups is 1. The molecule has 0 aliphatic carbocycles. The average molecular weight is 262 g/mol. The predicted octanol–water partition coefficient (Wildman–Crippen LogP) is 2.52. The van der Waals surface area contributed by atoms with E-state index >= 15 is 0 Å². The van der Waals surface area contributed by atoms with Crippen LogP contribution >= 0.6 is 0 Å². The Kier molecular flexibility index (Phi) is 2.97. The van der Waals surface area contributed by atoms with E-state index in [9.17, 15) is 10.1 Å². The minimum absolute atomic E-state index is 0.0724. The van der Waals surface area contributed by atoms with Crippen LogP contribution < -0.4 is 5.73 Å². The van der Waals surface area contributed by atoms with Crippen molar-refractivity contribution in [3.05, 3.63) is 34.1 Å². The van der Waals surface area contributed by atoms with Crippen molar-refractivity contribution in [2.75, 3.05) is 5.73 Å². The van der Waals surface area contributed by atoms with Gasteiger partial charge in [0.1, 0.15) is 0 Å². The van der Waals surface area contributed by atoms with Gasteiger partial charge in [-0.15, -0.1) is 0 Å². The molecule has 7 nitrogen and oxygen atoms in total. The zero-order valence-electron chi connectivity index (χ0n) is 10.9. The molecule has 100 valence electrons. The number of nitrogens with zero attached hydrogens (tertiary/aromatic N) is 3. The Morgan fingerprint density at radius 3 is 2.53 bits per heavy atom. The number of nitrogens with two attached hydrogens (primary N) is 1. The second kappa shape index (κ2) is 4.34. The average Bonchev–Trinajstić information content (AvgIpc) is 2.77. The Morgan fingerprint density at radius 2 is 2.05 bits per heavy atom. The molecular formula is C12H14N4O3. The third-order valence-electron chi connectivity index (χ3n) is 2.57. The van der Waals surface area contributed by atoms with E-state index in [1.165, 1.54) is 18.2 Å². The molecule has 1 aromatic heterocycles. The molecular weight excluding hydrogens is 248 g/mol. The fraction of sp³-hybridized carbons (Fsp3) is 0.333. The summed E-state index contributed by atoms with van der Waals surface area (Å²) >= 11 is 0. The molecule has 0 aliphatic rings. The number of non-ortho nitro benzene ring substituents is 1. The third kappa shape index (κ3) is 2.54. The van der Waals surface area contributed by atoms with E-state index in [4.69, 9.17) is 10.3 Å². The number of anilines is 1. The van der Waals surface area contributed by atoms with Gasteiger partial charge < -0.3 is 10.3 Å². The summed E-state index contributed by atoms with van der Waals surface area (Å²) in [6, 6.07) is 4.14. The molecule has 2 aromatic rings. The normalized spacial score (nSPS) is 11.5.